The molecule has 1 atom stereocenters. The third kappa shape index (κ3) is 4.16. The van der Waals surface area contributed by atoms with Crippen LogP contribution in [0.3, 0.4) is 0 Å². The number of carbonyl (C=O) groups excluding carboxylic acids is 2. The van der Waals surface area contributed by atoms with Crippen LogP contribution in [-0.4, -0.2) is 78.3 Å². The van der Waals surface area contributed by atoms with Gasteiger partial charge < -0.3 is 9.80 Å². The number of hydrogen-bond acceptors (Lipinski definition) is 5. The van der Waals surface area contributed by atoms with E-state index < -0.39 is 10.0 Å². The fourth-order valence-corrected chi connectivity index (χ4v) is 4.10. The molecular formula is C16H22N4O4S. The summed E-state index contributed by atoms with van der Waals surface area (Å²) in [5.74, 6) is -0.468. The minimum atomic E-state index is -3.22. The van der Waals surface area contributed by atoms with Crippen molar-refractivity contribution in [3.8, 4) is 0 Å². The van der Waals surface area contributed by atoms with Crippen LogP contribution in [-0.2, 0) is 26.2 Å². The molecule has 1 aromatic rings. The van der Waals surface area contributed by atoms with Crippen molar-refractivity contribution in [1.82, 2.24) is 19.1 Å². The van der Waals surface area contributed by atoms with E-state index in [0.29, 0.717) is 39.3 Å². The fourth-order valence-electron chi connectivity index (χ4n) is 3.28. The zero-order valence-electron chi connectivity index (χ0n) is 14.2. The lowest BCUT2D eigenvalue weighted by atomic mass is 10.1. The van der Waals surface area contributed by atoms with Crippen LogP contribution in [0.1, 0.15) is 12.1 Å². The lowest BCUT2D eigenvalue weighted by Gasteiger charge is -2.34. The third-order valence-corrected chi connectivity index (χ3v) is 5.97. The smallest absolute Gasteiger partial charge is 0.228 e. The van der Waals surface area contributed by atoms with E-state index in [9.17, 15) is 18.0 Å². The van der Waals surface area contributed by atoms with Crippen LogP contribution >= 0.6 is 0 Å². The van der Waals surface area contributed by atoms with Crippen molar-refractivity contribution < 1.29 is 18.0 Å². The number of rotatable bonds is 4. The quantitative estimate of drug-likeness (QED) is 0.719. The Morgan fingerprint density at radius 3 is 2.56 bits per heavy atom. The zero-order valence-corrected chi connectivity index (χ0v) is 15.0. The maximum absolute atomic E-state index is 12.7. The van der Waals surface area contributed by atoms with Crippen LogP contribution in [0.5, 0.6) is 0 Å². The van der Waals surface area contributed by atoms with Crippen molar-refractivity contribution >= 4 is 21.8 Å². The molecule has 136 valence electrons. The molecule has 0 bridgehead atoms. The minimum Gasteiger partial charge on any atom is -0.340 e. The zero-order chi connectivity index (χ0) is 18.0. The lowest BCUT2D eigenvalue weighted by Crippen LogP contribution is -2.51. The summed E-state index contributed by atoms with van der Waals surface area (Å²) >= 11 is 0. The molecule has 1 aromatic heterocycles. The van der Waals surface area contributed by atoms with Gasteiger partial charge in [-0.05, 0) is 12.1 Å². The molecule has 2 aliphatic rings. The van der Waals surface area contributed by atoms with Gasteiger partial charge in [-0.25, -0.2) is 8.42 Å². The highest BCUT2D eigenvalue weighted by Crippen LogP contribution is 2.22. The molecule has 0 radical (unpaired) electrons. The molecule has 8 nitrogen and oxygen atoms in total. The van der Waals surface area contributed by atoms with Crippen molar-refractivity contribution in [3.05, 3.63) is 30.1 Å². The highest BCUT2D eigenvalue weighted by Gasteiger charge is 2.37. The first-order valence-corrected chi connectivity index (χ1v) is 10.1. The van der Waals surface area contributed by atoms with Gasteiger partial charge in [0.2, 0.25) is 21.8 Å². The Morgan fingerprint density at radius 2 is 1.96 bits per heavy atom. The summed E-state index contributed by atoms with van der Waals surface area (Å²) in [6, 6.07) is 5.54. The van der Waals surface area contributed by atoms with E-state index in [2.05, 4.69) is 4.98 Å². The topological polar surface area (TPSA) is 90.9 Å². The Bertz CT molecular complexity index is 745. The van der Waals surface area contributed by atoms with Crippen molar-refractivity contribution in [2.75, 3.05) is 39.0 Å². The number of amides is 2. The Balaban J connectivity index is 1.56. The molecule has 2 aliphatic heterocycles. The van der Waals surface area contributed by atoms with Crippen molar-refractivity contribution in [2.24, 2.45) is 5.92 Å². The van der Waals surface area contributed by atoms with E-state index in [1.165, 1.54) is 10.6 Å². The second-order valence-corrected chi connectivity index (χ2v) is 8.47. The van der Waals surface area contributed by atoms with Gasteiger partial charge in [0.25, 0.3) is 0 Å². The highest BCUT2D eigenvalue weighted by molar-refractivity contribution is 7.88. The molecule has 3 heterocycles. The molecule has 2 saturated heterocycles. The number of pyridine rings is 1. The summed E-state index contributed by atoms with van der Waals surface area (Å²) in [6.07, 6.45) is 3.06. The van der Waals surface area contributed by atoms with Crippen molar-refractivity contribution in [1.29, 1.82) is 0 Å². The number of carbonyl (C=O) groups is 2. The second-order valence-electron chi connectivity index (χ2n) is 6.48. The highest BCUT2D eigenvalue weighted by atomic mass is 32.2. The molecule has 2 fully saturated rings. The van der Waals surface area contributed by atoms with E-state index >= 15 is 0 Å². The van der Waals surface area contributed by atoms with E-state index in [4.69, 9.17) is 0 Å². The number of sulfonamides is 1. The predicted molar refractivity (Wildman–Crippen MR) is 90.8 cm³/mol. The van der Waals surface area contributed by atoms with E-state index in [0.717, 1.165) is 5.69 Å². The largest absolute Gasteiger partial charge is 0.340 e. The Labute approximate surface area is 147 Å². The molecular weight excluding hydrogens is 344 g/mol. The summed E-state index contributed by atoms with van der Waals surface area (Å²) in [4.78, 5) is 32.4. The van der Waals surface area contributed by atoms with Gasteiger partial charge in [-0.15, -0.1) is 0 Å². The average Bonchev–Trinajstić information content (AvgIpc) is 2.95. The van der Waals surface area contributed by atoms with E-state index in [1.54, 1.807) is 16.0 Å². The van der Waals surface area contributed by atoms with Crippen LogP contribution in [0.4, 0.5) is 0 Å². The van der Waals surface area contributed by atoms with Gasteiger partial charge in [-0.3, -0.25) is 14.6 Å². The summed E-state index contributed by atoms with van der Waals surface area (Å²) in [6.45, 7) is 2.16. The first kappa shape index (κ1) is 17.8. The van der Waals surface area contributed by atoms with Crippen LogP contribution < -0.4 is 0 Å². The van der Waals surface area contributed by atoms with Gasteiger partial charge in [-0.2, -0.15) is 4.31 Å². The summed E-state index contributed by atoms with van der Waals surface area (Å²) in [5.41, 5.74) is 0.797. The molecule has 2 amide bonds. The second kappa shape index (κ2) is 7.09. The molecule has 0 aromatic carbocycles. The van der Waals surface area contributed by atoms with Crippen LogP contribution in [0.25, 0.3) is 0 Å². The van der Waals surface area contributed by atoms with Gasteiger partial charge >= 0.3 is 0 Å². The van der Waals surface area contributed by atoms with E-state index in [1.807, 2.05) is 18.2 Å². The maximum atomic E-state index is 12.7. The standard InChI is InChI=1S/C16H22N4O4S/c1-25(23,24)20-8-6-18(7-9-20)16(22)13-10-15(21)19(11-13)12-14-4-2-3-5-17-14/h2-5,13H,6-12H2,1H3/t13-/m0/s1. The fraction of sp³-hybridized carbons (Fsp3) is 0.562. The summed E-state index contributed by atoms with van der Waals surface area (Å²) < 4.78 is 24.5. The van der Waals surface area contributed by atoms with E-state index in [-0.39, 0.29) is 24.2 Å². The van der Waals surface area contributed by atoms with Gasteiger partial charge in [0.15, 0.2) is 0 Å². The van der Waals surface area contributed by atoms with Crippen molar-refractivity contribution in [3.63, 3.8) is 0 Å². The third-order valence-electron chi connectivity index (χ3n) is 4.66. The first-order valence-electron chi connectivity index (χ1n) is 8.26. The molecule has 3 rings (SSSR count). The normalized spacial score (nSPS) is 22.4. The first-order chi connectivity index (χ1) is 11.8. The average molecular weight is 366 g/mol. The number of aromatic nitrogens is 1. The summed E-state index contributed by atoms with van der Waals surface area (Å²) in [7, 11) is -3.22. The molecule has 0 N–H and O–H groups in total. The summed E-state index contributed by atoms with van der Waals surface area (Å²) in [5, 5.41) is 0. The number of likely N-dealkylation sites (tertiary alicyclic amines) is 1. The molecule has 0 spiro atoms. The Hall–Kier alpha value is -2.00. The van der Waals surface area contributed by atoms with Crippen LogP contribution in [0.15, 0.2) is 24.4 Å². The monoisotopic (exact) mass is 366 g/mol. The van der Waals surface area contributed by atoms with Crippen LogP contribution in [0, 0.1) is 5.92 Å². The lowest BCUT2D eigenvalue weighted by molar-refractivity contribution is -0.137. The van der Waals surface area contributed by atoms with Gasteiger partial charge in [0.05, 0.1) is 24.4 Å². The number of hydrogen-bond donors (Lipinski definition) is 0. The Morgan fingerprint density at radius 1 is 1.24 bits per heavy atom. The number of nitrogens with zero attached hydrogens (tertiary/aromatic N) is 4. The van der Waals surface area contributed by atoms with Crippen molar-refractivity contribution in [2.45, 2.75) is 13.0 Å². The molecule has 0 unspecified atom stereocenters. The SMILES string of the molecule is CS(=O)(=O)N1CCN(C(=O)[C@H]2CC(=O)N(Cc3ccccn3)C2)CC1. The maximum Gasteiger partial charge on any atom is 0.228 e. The Kier molecular flexibility index (Phi) is 5.05. The van der Waals surface area contributed by atoms with Gasteiger partial charge in [0, 0.05) is 45.3 Å². The molecule has 0 aliphatic carbocycles. The van der Waals surface area contributed by atoms with Gasteiger partial charge in [0.1, 0.15) is 0 Å². The number of piperazine rings is 1. The predicted octanol–water partition coefficient (Wildman–Crippen LogP) is -0.466. The van der Waals surface area contributed by atoms with Crippen LogP contribution in [0.2, 0.25) is 0 Å². The van der Waals surface area contributed by atoms with Gasteiger partial charge in [-0.1, -0.05) is 6.07 Å². The minimum absolute atomic E-state index is 0.0428. The molecule has 9 heteroatoms. The molecule has 25 heavy (non-hydrogen) atoms. The molecule has 0 saturated carbocycles.